The number of aromatic hydroxyl groups is 2. The van der Waals surface area contributed by atoms with Gasteiger partial charge in [-0.05, 0) is 37.5 Å². The van der Waals surface area contributed by atoms with Gasteiger partial charge in [0.1, 0.15) is 28.2 Å². The first kappa shape index (κ1) is 23.8. The fourth-order valence-electron chi connectivity index (χ4n) is 4.20. The highest BCUT2D eigenvalue weighted by Gasteiger charge is 2.46. The number of likely N-dealkylation sites (tertiary alicyclic amines) is 1. The normalized spacial score (nSPS) is 22.0. The molecule has 1 aliphatic heterocycles. The van der Waals surface area contributed by atoms with Crippen LogP contribution in [0.3, 0.4) is 0 Å². The Morgan fingerprint density at radius 3 is 2.61 bits per heavy atom. The molecule has 2 aromatic carbocycles. The van der Waals surface area contributed by atoms with Crippen LogP contribution in [0.15, 0.2) is 45.6 Å². The lowest BCUT2D eigenvalue weighted by molar-refractivity contribution is 0.0388. The number of phosphoric ester groups is 1. The predicted molar refractivity (Wildman–Crippen MR) is 123 cm³/mol. The van der Waals surface area contributed by atoms with Gasteiger partial charge in [0, 0.05) is 29.8 Å². The molecular formula is C21H20BClNO8P. The maximum Gasteiger partial charge on any atom is 0.469 e. The Bertz CT molecular complexity index is 1340. The molecule has 2 atom stereocenters. The van der Waals surface area contributed by atoms with E-state index in [1.54, 1.807) is 36.2 Å². The number of phenolic OH excluding ortho intramolecular Hbond substituents is 2. The van der Waals surface area contributed by atoms with E-state index in [9.17, 15) is 29.4 Å². The molecule has 9 nitrogen and oxygen atoms in total. The molecule has 2 heterocycles. The molecule has 1 aliphatic rings. The molecule has 1 aromatic heterocycles. The molecule has 0 spiro atoms. The Morgan fingerprint density at radius 1 is 1.24 bits per heavy atom. The van der Waals surface area contributed by atoms with Crippen molar-refractivity contribution >= 4 is 38.2 Å². The maximum absolute atomic E-state index is 13.0. The molecule has 4 N–H and O–H groups in total. The third-order valence-corrected chi connectivity index (χ3v) is 6.65. The van der Waals surface area contributed by atoms with Gasteiger partial charge in [-0.1, -0.05) is 23.7 Å². The van der Waals surface area contributed by atoms with Gasteiger partial charge >= 0.3 is 7.82 Å². The predicted octanol–water partition coefficient (Wildman–Crippen LogP) is 2.70. The molecule has 172 valence electrons. The van der Waals surface area contributed by atoms with E-state index >= 15 is 0 Å². The largest absolute Gasteiger partial charge is 0.507 e. The van der Waals surface area contributed by atoms with Gasteiger partial charge in [-0.3, -0.25) is 9.32 Å². The maximum atomic E-state index is 13.0. The van der Waals surface area contributed by atoms with Crippen molar-refractivity contribution in [3.63, 3.8) is 0 Å². The van der Waals surface area contributed by atoms with Crippen molar-refractivity contribution in [3.8, 4) is 22.8 Å². The van der Waals surface area contributed by atoms with E-state index < -0.39 is 36.2 Å². The summed E-state index contributed by atoms with van der Waals surface area (Å²) in [6, 6.07) is 8.73. The van der Waals surface area contributed by atoms with E-state index in [4.69, 9.17) is 28.4 Å². The van der Waals surface area contributed by atoms with Crippen molar-refractivity contribution in [1.82, 2.24) is 4.90 Å². The number of hydrogen-bond donors (Lipinski definition) is 4. The molecule has 1 saturated heterocycles. The fourth-order valence-corrected chi connectivity index (χ4v) is 5.01. The van der Waals surface area contributed by atoms with Crippen LogP contribution in [0.25, 0.3) is 22.3 Å². The van der Waals surface area contributed by atoms with Crippen LogP contribution >= 0.6 is 19.4 Å². The highest BCUT2D eigenvalue weighted by Crippen LogP contribution is 2.49. The van der Waals surface area contributed by atoms with E-state index in [2.05, 4.69) is 0 Å². The highest BCUT2D eigenvalue weighted by atomic mass is 35.5. The fraction of sp³-hybridized carbons (Fsp3) is 0.286. The third-order valence-electron chi connectivity index (χ3n) is 5.79. The molecule has 12 heteroatoms. The second-order valence-electron chi connectivity index (χ2n) is 8.09. The third kappa shape index (κ3) is 4.42. The van der Waals surface area contributed by atoms with Crippen molar-refractivity contribution < 1.29 is 33.5 Å². The van der Waals surface area contributed by atoms with Crippen molar-refractivity contribution in [1.29, 1.82) is 0 Å². The Morgan fingerprint density at radius 2 is 1.94 bits per heavy atom. The van der Waals surface area contributed by atoms with Gasteiger partial charge in [-0.2, -0.15) is 0 Å². The number of phosphoric acid groups is 1. The lowest BCUT2D eigenvalue weighted by atomic mass is 9.56. The van der Waals surface area contributed by atoms with Gasteiger partial charge in [-0.25, -0.2) is 4.57 Å². The molecule has 33 heavy (non-hydrogen) atoms. The minimum absolute atomic E-state index is 0.0257. The summed E-state index contributed by atoms with van der Waals surface area (Å²) >= 11 is 6.25. The minimum atomic E-state index is -4.97. The summed E-state index contributed by atoms with van der Waals surface area (Å²) < 4.78 is 22.6. The summed E-state index contributed by atoms with van der Waals surface area (Å²) in [5.41, 5.74) is -0.549. The van der Waals surface area contributed by atoms with E-state index in [1.807, 2.05) is 0 Å². The van der Waals surface area contributed by atoms with Crippen LogP contribution in [0.2, 0.25) is 5.02 Å². The second-order valence-corrected chi connectivity index (χ2v) is 9.69. The Labute approximate surface area is 194 Å². The van der Waals surface area contributed by atoms with E-state index in [1.165, 1.54) is 0 Å². The number of benzene rings is 2. The van der Waals surface area contributed by atoms with Crippen LogP contribution in [0.1, 0.15) is 12.0 Å². The zero-order valence-electron chi connectivity index (χ0n) is 17.4. The second kappa shape index (κ2) is 8.47. The summed E-state index contributed by atoms with van der Waals surface area (Å²) in [7, 11) is 3.41. The van der Waals surface area contributed by atoms with Crippen molar-refractivity contribution in [2.45, 2.75) is 17.8 Å². The summed E-state index contributed by atoms with van der Waals surface area (Å²) in [6.07, 6.45) is -1.17. The van der Waals surface area contributed by atoms with Crippen LogP contribution in [0.4, 0.5) is 0 Å². The number of piperidine rings is 1. The first-order valence-corrected chi connectivity index (χ1v) is 11.8. The van der Waals surface area contributed by atoms with Gasteiger partial charge in [0.2, 0.25) is 0 Å². The topological polar surface area (TPSA) is 141 Å². The number of likely N-dealkylation sites (N-methyl/N-ethyl adjacent to an activating group) is 1. The summed E-state index contributed by atoms with van der Waals surface area (Å²) in [4.78, 5) is 33.6. The number of phenols is 2. The van der Waals surface area contributed by atoms with Crippen LogP contribution in [-0.2, 0) is 14.4 Å². The number of fused-ring (bicyclic) bond motifs is 1. The molecule has 3 aromatic rings. The van der Waals surface area contributed by atoms with Crippen LogP contribution in [0.5, 0.6) is 11.5 Å². The number of nitrogens with zero attached hydrogens (tertiary/aromatic N) is 1. The van der Waals surface area contributed by atoms with Gasteiger partial charge in [0.15, 0.2) is 5.43 Å². The van der Waals surface area contributed by atoms with E-state index in [-0.39, 0.29) is 35.3 Å². The molecule has 1 fully saturated rings. The van der Waals surface area contributed by atoms with Gasteiger partial charge in [0.25, 0.3) is 0 Å². The Hall–Kier alpha value is -2.33. The van der Waals surface area contributed by atoms with Crippen LogP contribution in [0, 0.1) is 0 Å². The zero-order chi connectivity index (χ0) is 24.1. The SMILES string of the molecule is [B][C@]1(c2c(O)cc(O)c3c(=O)cc(-c4ccccc4Cl)oc23)CCN(C)C[C@H]1OP(=O)(O)O. The average Bonchev–Trinajstić information content (AvgIpc) is 2.69. The van der Waals surface area contributed by atoms with Gasteiger partial charge in [0.05, 0.1) is 19.0 Å². The number of halogens is 1. The van der Waals surface area contributed by atoms with E-state index in [0.717, 1.165) is 12.1 Å². The Balaban J connectivity index is 2.03. The molecule has 0 amide bonds. The molecule has 0 saturated carbocycles. The van der Waals surface area contributed by atoms with E-state index in [0.29, 0.717) is 17.1 Å². The lowest BCUT2D eigenvalue weighted by Gasteiger charge is -2.45. The summed E-state index contributed by atoms with van der Waals surface area (Å²) in [6.45, 7) is 0.422. The van der Waals surface area contributed by atoms with Gasteiger partial charge in [-0.15, -0.1) is 0 Å². The minimum Gasteiger partial charge on any atom is -0.507 e. The lowest BCUT2D eigenvalue weighted by Crippen LogP contribution is -2.53. The molecule has 2 radical (unpaired) electrons. The molecule has 0 aliphatic carbocycles. The smallest absolute Gasteiger partial charge is 0.469 e. The van der Waals surface area contributed by atoms with Gasteiger partial charge < -0.3 is 29.3 Å². The van der Waals surface area contributed by atoms with Crippen molar-refractivity contribution in [2.24, 2.45) is 0 Å². The summed E-state index contributed by atoms with van der Waals surface area (Å²) in [5.74, 6) is -0.978. The standard InChI is InChI=1S/C21H20BClNO8P/c1-24-7-6-21(22,17(10-24)32-33(28,29)30)19-15(27)8-13(25)18-14(26)9-16(31-20(18)19)11-4-2-3-5-12(11)23/h2-5,8-9,17,25,27H,6-7,10H2,1H3,(H2,28,29,30)/t17-,21-/m1/s1. The average molecular weight is 492 g/mol. The quantitative estimate of drug-likeness (QED) is 0.320. The first-order valence-electron chi connectivity index (χ1n) is 9.90. The highest BCUT2D eigenvalue weighted by molar-refractivity contribution is 7.46. The molecule has 0 bridgehead atoms. The summed E-state index contributed by atoms with van der Waals surface area (Å²) in [5, 5.41) is 19.6. The molecular weight excluding hydrogens is 471 g/mol. The van der Waals surface area contributed by atoms with Crippen LogP contribution in [-0.4, -0.2) is 59.0 Å². The Kier molecular flexibility index (Phi) is 6.11. The van der Waals surface area contributed by atoms with Crippen LogP contribution < -0.4 is 5.43 Å². The van der Waals surface area contributed by atoms with Crippen molar-refractivity contribution in [3.05, 3.63) is 57.2 Å². The number of rotatable bonds is 4. The zero-order valence-corrected chi connectivity index (χ0v) is 19.1. The number of hydrogen-bond acceptors (Lipinski definition) is 7. The monoisotopic (exact) mass is 491 g/mol. The molecule has 0 unspecified atom stereocenters. The first-order chi connectivity index (χ1) is 15.4. The van der Waals surface area contributed by atoms with Crippen molar-refractivity contribution in [2.75, 3.05) is 20.1 Å². The molecule has 4 rings (SSSR count).